The molecule has 5 aromatic rings. The molecule has 1 aliphatic heterocycles. The number of aromatic nitrogens is 4. The van der Waals surface area contributed by atoms with Crippen LogP contribution in [0.4, 0.5) is 0 Å². The molecule has 1 aliphatic rings. The second kappa shape index (κ2) is 9.03. The summed E-state index contributed by atoms with van der Waals surface area (Å²) in [6.45, 7) is 1.80. The number of fused-ring (bicyclic) bond motifs is 1. The average Bonchev–Trinajstić information content (AvgIpc) is 3.65. The van der Waals surface area contributed by atoms with Crippen LogP contribution in [0.15, 0.2) is 90.2 Å². The predicted molar refractivity (Wildman–Crippen MR) is 137 cm³/mol. The standard InChI is InChI=1S/C27H25N5O2S/c33-26(21-7-1-2-8-22(21)29-14-5-6-15-29)30-16-11-20(12-17-30)25-28-13-18-31(25)19-32-23-9-3-4-10-24(23)35-27(32)34/h1-10,13-15,18,20H,11-12,16-17,19H2. The molecule has 6 rings (SSSR count). The van der Waals surface area contributed by atoms with Gasteiger partial charge in [0, 0.05) is 43.8 Å². The summed E-state index contributed by atoms with van der Waals surface area (Å²) in [5, 5.41) is 0. The number of likely N-dealkylation sites (tertiary alicyclic amines) is 1. The summed E-state index contributed by atoms with van der Waals surface area (Å²) in [5.74, 6) is 1.29. The molecule has 1 saturated heterocycles. The van der Waals surface area contributed by atoms with Gasteiger partial charge in [0.2, 0.25) is 0 Å². The Morgan fingerprint density at radius 2 is 1.69 bits per heavy atom. The lowest BCUT2D eigenvalue weighted by Gasteiger charge is -2.32. The number of rotatable bonds is 5. The van der Waals surface area contributed by atoms with Gasteiger partial charge < -0.3 is 14.0 Å². The Labute approximate surface area is 206 Å². The topological polar surface area (TPSA) is 65.1 Å². The minimum Gasteiger partial charge on any atom is -0.339 e. The van der Waals surface area contributed by atoms with E-state index in [1.54, 1.807) is 6.20 Å². The Morgan fingerprint density at radius 1 is 0.943 bits per heavy atom. The van der Waals surface area contributed by atoms with Gasteiger partial charge in [-0.1, -0.05) is 35.6 Å². The molecule has 1 fully saturated rings. The number of para-hydroxylation sites is 2. The summed E-state index contributed by atoms with van der Waals surface area (Å²) < 4.78 is 6.85. The fourth-order valence-electron chi connectivity index (χ4n) is 4.99. The molecule has 176 valence electrons. The Hall–Kier alpha value is -3.91. The number of piperidine rings is 1. The number of carbonyl (C=O) groups is 1. The summed E-state index contributed by atoms with van der Waals surface area (Å²) in [7, 11) is 0. The van der Waals surface area contributed by atoms with Crippen molar-refractivity contribution in [2.24, 2.45) is 0 Å². The van der Waals surface area contributed by atoms with E-state index in [1.807, 2.05) is 93.3 Å². The number of nitrogens with zero attached hydrogens (tertiary/aromatic N) is 5. The largest absolute Gasteiger partial charge is 0.339 e. The number of benzene rings is 2. The molecule has 0 atom stereocenters. The second-order valence-corrected chi connectivity index (χ2v) is 9.83. The first kappa shape index (κ1) is 21.6. The third-order valence-electron chi connectivity index (χ3n) is 6.78. The Bertz CT molecular complexity index is 1540. The van der Waals surface area contributed by atoms with E-state index >= 15 is 0 Å². The van der Waals surface area contributed by atoms with Gasteiger partial charge in [-0.05, 0) is 49.2 Å². The third-order valence-corrected chi connectivity index (χ3v) is 7.74. The van der Waals surface area contributed by atoms with E-state index in [0.717, 1.165) is 34.6 Å². The maximum atomic E-state index is 13.4. The molecule has 0 unspecified atom stereocenters. The summed E-state index contributed by atoms with van der Waals surface area (Å²) in [6, 6.07) is 19.6. The maximum absolute atomic E-state index is 13.4. The first-order chi connectivity index (χ1) is 17.2. The minimum atomic E-state index is 0.0348. The van der Waals surface area contributed by atoms with Crippen LogP contribution in [0.1, 0.15) is 34.9 Å². The lowest BCUT2D eigenvalue weighted by Crippen LogP contribution is -2.39. The molecule has 0 saturated carbocycles. The molecule has 4 heterocycles. The molecule has 0 bridgehead atoms. The zero-order valence-electron chi connectivity index (χ0n) is 19.2. The summed E-state index contributed by atoms with van der Waals surface area (Å²) in [5.41, 5.74) is 2.56. The van der Waals surface area contributed by atoms with Gasteiger partial charge in [-0.2, -0.15) is 0 Å². The zero-order valence-corrected chi connectivity index (χ0v) is 20.0. The van der Waals surface area contributed by atoms with Crippen LogP contribution >= 0.6 is 11.3 Å². The molecule has 3 aromatic heterocycles. The number of amides is 1. The molecule has 2 aromatic carbocycles. The van der Waals surface area contributed by atoms with Crippen molar-refractivity contribution in [1.29, 1.82) is 0 Å². The van der Waals surface area contributed by atoms with Crippen LogP contribution in [-0.4, -0.2) is 42.6 Å². The fourth-order valence-corrected chi connectivity index (χ4v) is 5.87. The van der Waals surface area contributed by atoms with Crippen molar-refractivity contribution in [1.82, 2.24) is 23.6 Å². The summed E-state index contributed by atoms with van der Waals surface area (Å²) >= 11 is 1.27. The van der Waals surface area contributed by atoms with Gasteiger partial charge in [0.25, 0.3) is 5.91 Å². The number of thiazole rings is 1. The monoisotopic (exact) mass is 483 g/mol. The quantitative estimate of drug-likeness (QED) is 0.368. The smallest absolute Gasteiger partial charge is 0.309 e. The van der Waals surface area contributed by atoms with Gasteiger partial charge in [0.15, 0.2) is 0 Å². The highest BCUT2D eigenvalue weighted by Crippen LogP contribution is 2.29. The van der Waals surface area contributed by atoms with Gasteiger partial charge in [0.05, 0.1) is 21.5 Å². The number of imidazole rings is 1. The maximum Gasteiger partial charge on any atom is 0.309 e. The highest BCUT2D eigenvalue weighted by atomic mass is 32.1. The summed E-state index contributed by atoms with van der Waals surface area (Å²) in [4.78, 5) is 32.7. The highest BCUT2D eigenvalue weighted by molar-refractivity contribution is 7.16. The van der Waals surface area contributed by atoms with Gasteiger partial charge in [-0.15, -0.1) is 0 Å². The van der Waals surface area contributed by atoms with E-state index in [1.165, 1.54) is 11.3 Å². The van der Waals surface area contributed by atoms with Crippen molar-refractivity contribution in [2.45, 2.75) is 25.4 Å². The molecular weight excluding hydrogens is 458 g/mol. The van der Waals surface area contributed by atoms with Crippen LogP contribution in [0.3, 0.4) is 0 Å². The zero-order chi connectivity index (χ0) is 23.8. The molecule has 35 heavy (non-hydrogen) atoms. The van der Waals surface area contributed by atoms with E-state index in [9.17, 15) is 9.59 Å². The van der Waals surface area contributed by atoms with Crippen molar-refractivity contribution in [3.63, 3.8) is 0 Å². The van der Waals surface area contributed by atoms with Gasteiger partial charge in [-0.3, -0.25) is 14.2 Å². The van der Waals surface area contributed by atoms with E-state index in [0.29, 0.717) is 25.3 Å². The van der Waals surface area contributed by atoms with Crippen LogP contribution in [0.25, 0.3) is 15.9 Å². The van der Waals surface area contributed by atoms with Crippen LogP contribution in [-0.2, 0) is 6.67 Å². The van der Waals surface area contributed by atoms with Gasteiger partial charge >= 0.3 is 4.87 Å². The van der Waals surface area contributed by atoms with Gasteiger partial charge in [-0.25, -0.2) is 4.98 Å². The Morgan fingerprint density at radius 3 is 2.51 bits per heavy atom. The molecule has 0 aliphatic carbocycles. The molecular formula is C27H25N5O2S. The van der Waals surface area contributed by atoms with E-state index < -0.39 is 0 Å². The van der Waals surface area contributed by atoms with Crippen molar-refractivity contribution >= 4 is 27.5 Å². The van der Waals surface area contributed by atoms with Crippen molar-refractivity contribution in [2.75, 3.05) is 13.1 Å². The van der Waals surface area contributed by atoms with Crippen LogP contribution in [0, 0.1) is 0 Å². The Kier molecular flexibility index (Phi) is 5.58. The lowest BCUT2D eigenvalue weighted by atomic mass is 9.95. The summed E-state index contributed by atoms with van der Waals surface area (Å²) in [6.07, 6.45) is 9.35. The number of hydrogen-bond acceptors (Lipinski definition) is 4. The van der Waals surface area contributed by atoms with Crippen LogP contribution in [0.5, 0.6) is 0 Å². The van der Waals surface area contributed by atoms with Crippen molar-refractivity contribution in [3.8, 4) is 5.69 Å². The molecule has 7 nitrogen and oxygen atoms in total. The molecule has 0 spiro atoms. The molecule has 0 N–H and O–H groups in total. The third kappa shape index (κ3) is 4.00. The SMILES string of the molecule is O=C(c1ccccc1-n1cccc1)N1CCC(c2nccn2Cn2c(=O)sc3ccccc32)CC1. The molecule has 0 radical (unpaired) electrons. The highest BCUT2D eigenvalue weighted by Gasteiger charge is 2.28. The van der Waals surface area contributed by atoms with Crippen molar-refractivity contribution < 1.29 is 4.79 Å². The first-order valence-corrected chi connectivity index (χ1v) is 12.6. The Balaban J connectivity index is 1.18. The fraction of sp³-hybridized carbons (Fsp3) is 0.222. The van der Waals surface area contributed by atoms with Crippen LogP contribution in [0.2, 0.25) is 0 Å². The second-order valence-electron chi connectivity index (χ2n) is 8.83. The average molecular weight is 484 g/mol. The number of hydrogen-bond donors (Lipinski definition) is 0. The van der Waals surface area contributed by atoms with Gasteiger partial charge in [0.1, 0.15) is 12.5 Å². The van der Waals surface area contributed by atoms with Crippen molar-refractivity contribution in [3.05, 3.63) is 107 Å². The normalized spacial score (nSPS) is 14.6. The molecule has 1 amide bonds. The van der Waals surface area contributed by atoms with E-state index in [4.69, 9.17) is 0 Å². The number of carbonyl (C=O) groups excluding carboxylic acids is 1. The predicted octanol–water partition coefficient (Wildman–Crippen LogP) is 4.58. The first-order valence-electron chi connectivity index (χ1n) is 11.8. The minimum absolute atomic E-state index is 0.0348. The van der Waals surface area contributed by atoms with E-state index in [2.05, 4.69) is 9.55 Å². The van der Waals surface area contributed by atoms with E-state index in [-0.39, 0.29) is 16.7 Å². The van der Waals surface area contributed by atoms with Crippen LogP contribution < -0.4 is 4.87 Å². The lowest BCUT2D eigenvalue weighted by molar-refractivity contribution is 0.0710. The molecule has 8 heteroatoms.